The first-order valence-corrected chi connectivity index (χ1v) is 14.6. The molecule has 1 aromatic rings. The molecule has 0 saturated heterocycles. The molecule has 8 nitrogen and oxygen atoms in total. The minimum absolute atomic E-state index is 0.112. The normalized spacial score (nSPS) is 15.8. The Morgan fingerprint density at radius 1 is 1.17 bits per heavy atom. The molecule has 1 amide bonds. The quantitative estimate of drug-likeness (QED) is 0.155. The van der Waals surface area contributed by atoms with Crippen LogP contribution >= 0.6 is 19.4 Å². The van der Waals surface area contributed by atoms with Crippen LogP contribution in [0.4, 0.5) is 0 Å². The number of ether oxygens (including phenoxy) is 1. The lowest BCUT2D eigenvalue weighted by molar-refractivity contribution is -0.132. The fourth-order valence-corrected chi connectivity index (χ4v) is 6.08. The van der Waals surface area contributed by atoms with Gasteiger partial charge in [-0.05, 0) is 62.5 Å². The molecule has 10 heteroatoms. The van der Waals surface area contributed by atoms with Crippen molar-refractivity contribution in [2.45, 2.75) is 53.5 Å². The van der Waals surface area contributed by atoms with Crippen molar-refractivity contribution in [3.63, 3.8) is 0 Å². The molecule has 1 aliphatic heterocycles. The highest BCUT2D eigenvalue weighted by Gasteiger charge is 2.28. The van der Waals surface area contributed by atoms with Gasteiger partial charge in [-0.1, -0.05) is 32.5 Å². The van der Waals surface area contributed by atoms with Crippen LogP contribution in [-0.4, -0.2) is 61.7 Å². The largest absolute Gasteiger partial charge is 0.426 e. The van der Waals surface area contributed by atoms with Crippen LogP contribution in [0.25, 0.3) is 6.08 Å². The highest BCUT2D eigenvalue weighted by molar-refractivity contribution is 8.06. The van der Waals surface area contributed by atoms with Gasteiger partial charge in [0.1, 0.15) is 5.75 Å². The number of hydrogen-bond donors (Lipinski definition) is 0. The number of hydrogen-bond acceptors (Lipinski definition) is 8. The van der Waals surface area contributed by atoms with E-state index in [4.69, 9.17) is 13.8 Å². The Hall–Kier alpha value is -1.90. The lowest BCUT2D eigenvalue weighted by atomic mass is 9.83. The predicted molar refractivity (Wildman–Crippen MR) is 146 cm³/mol. The van der Waals surface area contributed by atoms with Gasteiger partial charge in [-0.2, -0.15) is 0 Å². The van der Waals surface area contributed by atoms with Gasteiger partial charge in [0.25, 0.3) is 5.91 Å². The fraction of sp³-hybridized carbons (Fsp3) is 0.538. The van der Waals surface area contributed by atoms with Gasteiger partial charge < -0.3 is 23.6 Å². The van der Waals surface area contributed by atoms with Crippen molar-refractivity contribution < 1.29 is 27.9 Å². The highest BCUT2D eigenvalue weighted by atomic mass is 32.2. The average molecular weight is 539 g/mol. The molecular weight excluding hydrogens is 499 g/mol. The monoisotopic (exact) mass is 538 g/mol. The molecule has 0 unspecified atom stereocenters. The summed E-state index contributed by atoms with van der Waals surface area (Å²) < 4.78 is 29.2. The smallest absolute Gasteiger partial charge is 0.332 e. The van der Waals surface area contributed by atoms with Crippen LogP contribution in [0.2, 0.25) is 0 Å². The maximum Gasteiger partial charge on any atom is 0.332 e. The van der Waals surface area contributed by atoms with Crippen LogP contribution in [0.1, 0.15) is 58.2 Å². The molecule has 1 aliphatic rings. The third-order valence-electron chi connectivity index (χ3n) is 5.20. The van der Waals surface area contributed by atoms with Gasteiger partial charge in [-0.15, -0.1) is 0 Å². The second-order valence-corrected chi connectivity index (χ2v) is 12.9. The summed E-state index contributed by atoms with van der Waals surface area (Å²) in [7, 11) is 0.639. The summed E-state index contributed by atoms with van der Waals surface area (Å²) in [6.45, 7) is 12.4. The molecule has 0 aliphatic carbocycles. The molecule has 0 saturated carbocycles. The Bertz CT molecular complexity index is 1050. The molecule has 1 aromatic carbocycles. The molecule has 0 spiro atoms. The van der Waals surface area contributed by atoms with Crippen LogP contribution < -0.4 is 4.74 Å². The summed E-state index contributed by atoms with van der Waals surface area (Å²) in [6, 6.07) is 3.93. The lowest BCUT2D eigenvalue weighted by Crippen LogP contribution is -2.31. The summed E-state index contributed by atoms with van der Waals surface area (Å²) in [5, 5.41) is 1.83. The number of carbonyl (C=O) groups excluding carboxylic acids is 2. The van der Waals surface area contributed by atoms with E-state index in [2.05, 4.69) is 20.8 Å². The molecule has 1 heterocycles. The minimum atomic E-state index is -3.26. The molecule has 0 N–H and O–H groups in total. The number of rotatable bonds is 11. The van der Waals surface area contributed by atoms with Gasteiger partial charge in [0.05, 0.1) is 24.3 Å². The van der Waals surface area contributed by atoms with E-state index in [0.29, 0.717) is 17.2 Å². The molecular formula is C26H39N2O6PS. The Kier molecular flexibility index (Phi) is 11.0. The molecule has 0 bridgehead atoms. The van der Waals surface area contributed by atoms with Crippen LogP contribution in [-0.2, 0) is 35.2 Å². The van der Waals surface area contributed by atoms with E-state index in [1.54, 1.807) is 20.0 Å². The molecule has 0 fully saturated rings. The number of nitrogens with zero attached hydrogens (tertiary/aromatic N) is 2. The zero-order valence-corrected chi connectivity index (χ0v) is 24.3. The molecule has 36 heavy (non-hydrogen) atoms. The van der Waals surface area contributed by atoms with E-state index in [-0.39, 0.29) is 43.2 Å². The van der Waals surface area contributed by atoms with Gasteiger partial charge in [-0.3, -0.25) is 14.2 Å². The molecule has 0 aromatic heterocycles. The topological polar surface area (TPSA) is 85.4 Å². The maximum absolute atomic E-state index is 13.3. The predicted octanol–water partition coefficient (Wildman–Crippen LogP) is 5.62. The third kappa shape index (κ3) is 8.60. The van der Waals surface area contributed by atoms with Crippen LogP contribution in [0.15, 0.2) is 28.6 Å². The van der Waals surface area contributed by atoms with E-state index in [9.17, 15) is 14.2 Å². The first kappa shape index (κ1) is 30.3. The van der Waals surface area contributed by atoms with Crippen molar-refractivity contribution in [3.8, 4) is 5.75 Å². The third-order valence-corrected chi connectivity index (χ3v) is 8.06. The summed E-state index contributed by atoms with van der Waals surface area (Å²) in [5.41, 5.74) is 2.30. The molecule has 0 atom stereocenters. The average Bonchev–Trinajstić information content (AvgIpc) is 2.75. The summed E-state index contributed by atoms with van der Waals surface area (Å²) >= 11 is 1.33. The number of amides is 1. The Morgan fingerprint density at radius 3 is 2.33 bits per heavy atom. The van der Waals surface area contributed by atoms with Crippen molar-refractivity contribution in [1.29, 1.82) is 0 Å². The lowest BCUT2D eigenvalue weighted by Gasteiger charge is -2.27. The van der Waals surface area contributed by atoms with E-state index < -0.39 is 7.60 Å². The second kappa shape index (κ2) is 13.1. The van der Waals surface area contributed by atoms with Gasteiger partial charge in [-0.25, -0.2) is 0 Å². The van der Waals surface area contributed by atoms with E-state index in [1.807, 2.05) is 42.6 Å². The number of benzene rings is 1. The van der Waals surface area contributed by atoms with Gasteiger partial charge in [0.15, 0.2) is 0 Å². The Morgan fingerprint density at radius 2 is 1.81 bits per heavy atom. The van der Waals surface area contributed by atoms with Crippen molar-refractivity contribution >= 4 is 37.3 Å². The van der Waals surface area contributed by atoms with Crippen molar-refractivity contribution in [1.82, 2.24) is 9.80 Å². The first-order chi connectivity index (χ1) is 16.8. The van der Waals surface area contributed by atoms with Gasteiger partial charge in [0.2, 0.25) is 0 Å². The SMILES string of the molecule is CCOP(=O)(CCN1C=CSC(=Cc2cc(CN(C)C)c(OC(C)=O)c(C(C)(C)C)c2)C1=O)OCC. The molecule has 0 radical (unpaired) electrons. The summed E-state index contributed by atoms with van der Waals surface area (Å²) in [6.07, 6.45) is 3.65. The number of carbonyl (C=O) groups is 2. The van der Waals surface area contributed by atoms with E-state index in [1.165, 1.54) is 23.6 Å². The van der Waals surface area contributed by atoms with Crippen molar-refractivity contribution in [2.75, 3.05) is 40.0 Å². The van der Waals surface area contributed by atoms with Gasteiger partial charge >= 0.3 is 13.6 Å². The summed E-state index contributed by atoms with van der Waals surface area (Å²) in [4.78, 5) is 29.2. The Labute approximate surface area is 219 Å². The fourth-order valence-electron chi connectivity index (χ4n) is 3.73. The molecule has 200 valence electrons. The van der Waals surface area contributed by atoms with Crippen molar-refractivity contribution in [3.05, 3.63) is 45.3 Å². The second-order valence-electron chi connectivity index (χ2n) is 9.72. The number of thioether (sulfide) groups is 1. The standard InChI is InChI=1S/C26H39N2O6PS/c1-9-32-35(31,33-10-2)13-11-28-12-14-36-23(25(28)30)17-20-15-21(18-27(7)8)24(34-19(3)29)22(16-20)26(4,5)6/h12,14-17H,9-11,13,18H2,1-8H3. The number of esters is 1. The zero-order valence-electron chi connectivity index (χ0n) is 22.6. The summed E-state index contributed by atoms with van der Waals surface area (Å²) in [5.74, 6) is 0.0111. The maximum atomic E-state index is 13.3. The Balaban J connectivity index is 2.42. The van der Waals surface area contributed by atoms with Gasteiger partial charge in [0, 0.05) is 37.3 Å². The zero-order chi connectivity index (χ0) is 27.1. The van der Waals surface area contributed by atoms with Crippen LogP contribution in [0.5, 0.6) is 5.75 Å². The molecule has 2 rings (SSSR count). The van der Waals surface area contributed by atoms with E-state index in [0.717, 1.165) is 16.7 Å². The van der Waals surface area contributed by atoms with Crippen LogP contribution in [0.3, 0.4) is 0 Å². The highest BCUT2D eigenvalue weighted by Crippen LogP contribution is 2.48. The van der Waals surface area contributed by atoms with Crippen LogP contribution in [0, 0.1) is 0 Å². The van der Waals surface area contributed by atoms with E-state index >= 15 is 0 Å². The van der Waals surface area contributed by atoms with Crippen molar-refractivity contribution in [2.24, 2.45) is 0 Å². The minimum Gasteiger partial charge on any atom is -0.426 e. The first-order valence-electron chi connectivity index (χ1n) is 12.0.